The highest BCUT2D eigenvalue weighted by molar-refractivity contribution is 6.05. The van der Waals surface area contributed by atoms with Crippen molar-refractivity contribution in [2.75, 3.05) is 19.4 Å². The molecule has 6 nitrogen and oxygen atoms in total. The third-order valence-electron chi connectivity index (χ3n) is 4.60. The number of ether oxygens (including phenoxy) is 1. The van der Waals surface area contributed by atoms with E-state index in [9.17, 15) is 4.79 Å². The molecule has 0 bridgehead atoms. The molecule has 0 aliphatic carbocycles. The number of nitrogens with one attached hydrogen (secondary N) is 2. The number of carbonyl (C=O) groups is 1. The minimum absolute atomic E-state index is 0.264. The zero-order valence-electron chi connectivity index (χ0n) is 17.7. The number of rotatable bonds is 6. The van der Waals surface area contributed by atoms with E-state index in [-0.39, 0.29) is 5.91 Å². The van der Waals surface area contributed by atoms with E-state index in [1.165, 1.54) is 0 Å². The number of aryl methyl sites for hydroxylation is 2. The summed E-state index contributed by atoms with van der Waals surface area (Å²) in [6.07, 6.45) is 1.71. The van der Waals surface area contributed by atoms with Crippen LogP contribution in [0.5, 0.6) is 5.75 Å². The van der Waals surface area contributed by atoms with Gasteiger partial charge in [-0.3, -0.25) is 10.2 Å². The SMILES string of the molecule is Cc1ccc(NC(=O)c2cc(C)ccc2OCc2ccc(C(=N)N(C)C)cc2)nc1. The van der Waals surface area contributed by atoms with Crippen LogP contribution < -0.4 is 10.1 Å². The fourth-order valence-electron chi connectivity index (χ4n) is 2.85. The van der Waals surface area contributed by atoms with Crippen molar-refractivity contribution in [1.82, 2.24) is 9.88 Å². The molecule has 0 radical (unpaired) electrons. The number of carbonyl (C=O) groups excluding carboxylic acids is 1. The summed E-state index contributed by atoms with van der Waals surface area (Å²) in [4.78, 5) is 18.8. The van der Waals surface area contributed by atoms with Gasteiger partial charge in [0.1, 0.15) is 24.0 Å². The van der Waals surface area contributed by atoms with Gasteiger partial charge in [0.15, 0.2) is 0 Å². The number of benzene rings is 2. The van der Waals surface area contributed by atoms with Crippen LogP contribution >= 0.6 is 0 Å². The molecule has 6 heteroatoms. The molecule has 2 N–H and O–H groups in total. The molecular formula is C24H26N4O2. The highest BCUT2D eigenvalue weighted by atomic mass is 16.5. The smallest absolute Gasteiger partial charge is 0.260 e. The molecule has 0 aliphatic heterocycles. The van der Waals surface area contributed by atoms with Gasteiger partial charge in [-0.1, -0.05) is 42.0 Å². The first kappa shape index (κ1) is 21.0. The van der Waals surface area contributed by atoms with Crippen LogP contribution in [0, 0.1) is 19.3 Å². The van der Waals surface area contributed by atoms with Crippen LogP contribution in [0.4, 0.5) is 5.82 Å². The number of amides is 1. The summed E-state index contributed by atoms with van der Waals surface area (Å²) in [5.74, 6) is 1.19. The summed E-state index contributed by atoms with van der Waals surface area (Å²) in [7, 11) is 3.69. The lowest BCUT2D eigenvalue weighted by Crippen LogP contribution is -2.21. The molecule has 1 aromatic heterocycles. The molecule has 0 atom stereocenters. The van der Waals surface area contributed by atoms with Crippen LogP contribution in [0.15, 0.2) is 60.8 Å². The number of anilines is 1. The first-order valence-corrected chi connectivity index (χ1v) is 9.66. The van der Waals surface area contributed by atoms with Crippen LogP contribution in [-0.4, -0.2) is 35.7 Å². The Bertz CT molecular complexity index is 1040. The molecular weight excluding hydrogens is 376 g/mol. The lowest BCUT2D eigenvalue weighted by atomic mass is 10.1. The van der Waals surface area contributed by atoms with Crippen LogP contribution in [0.3, 0.4) is 0 Å². The highest BCUT2D eigenvalue weighted by Gasteiger charge is 2.14. The fourth-order valence-corrected chi connectivity index (χ4v) is 2.85. The van der Waals surface area contributed by atoms with Gasteiger partial charge in [-0.2, -0.15) is 0 Å². The van der Waals surface area contributed by atoms with Crippen molar-refractivity contribution in [3.63, 3.8) is 0 Å². The second-order valence-corrected chi connectivity index (χ2v) is 7.40. The largest absolute Gasteiger partial charge is 0.488 e. The Morgan fingerprint density at radius 2 is 1.73 bits per heavy atom. The molecule has 2 aromatic carbocycles. The van der Waals surface area contributed by atoms with E-state index >= 15 is 0 Å². The normalized spacial score (nSPS) is 10.4. The summed E-state index contributed by atoms with van der Waals surface area (Å²) < 4.78 is 5.96. The summed E-state index contributed by atoms with van der Waals surface area (Å²) >= 11 is 0. The Balaban J connectivity index is 1.72. The molecule has 0 fully saturated rings. The van der Waals surface area contributed by atoms with Crippen molar-refractivity contribution < 1.29 is 9.53 Å². The van der Waals surface area contributed by atoms with E-state index in [0.717, 1.165) is 22.3 Å². The number of pyridine rings is 1. The van der Waals surface area contributed by atoms with Crippen molar-refractivity contribution in [2.45, 2.75) is 20.5 Å². The number of nitrogens with zero attached hydrogens (tertiary/aromatic N) is 2. The average molecular weight is 402 g/mol. The van der Waals surface area contributed by atoms with E-state index in [0.29, 0.717) is 29.6 Å². The minimum Gasteiger partial charge on any atom is -0.488 e. The van der Waals surface area contributed by atoms with Gasteiger partial charge >= 0.3 is 0 Å². The van der Waals surface area contributed by atoms with Crippen LogP contribution in [0.2, 0.25) is 0 Å². The van der Waals surface area contributed by atoms with Gasteiger partial charge < -0.3 is 15.0 Å². The number of hydrogen-bond acceptors (Lipinski definition) is 4. The van der Waals surface area contributed by atoms with Gasteiger partial charge in [-0.05, 0) is 43.2 Å². The maximum atomic E-state index is 12.8. The summed E-state index contributed by atoms with van der Waals surface area (Å²) in [6, 6.07) is 16.8. The average Bonchev–Trinajstić information content (AvgIpc) is 2.74. The Morgan fingerprint density at radius 3 is 2.37 bits per heavy atom. The third-order valence-corrected chi connectivity index (χ3v) is 4.60. The monoisotopic (exact) mass is 402 g/mol. The maximum Gasteiger partial charge on any atom is 0.260 e. The first-order valence-electron chi connectivity index (χ1n) is 9.66. The molecule has 0 spiro atoms. The molecule has 0 unspecified atom stereocenters. The van der Waals surface area contributed by atoms with E-state index < -0.39 is 0 Å². The fraction of sp³-hybridized carbons (Fsp3) is 0.208. The lowest BCUT2D eigenvalue weighted by Gasteiger charge is -2.15. The van der Waals surface area contributed by atoms with E-state index in [2.05, 4.69) is 10.3 Å². The second-order valence-electron chi connectivity index (χ2n) is 7.40. The minimum atomic E-state index is -0.264. The van der Waals surface area contributed by atoms with Gasteiger partial charge in [0.05, 0.1) is 5.56 Å². The quantitative estimate of drug-likeness (QED) is 0.473. The Kier molecular flexibility index (Phi) is 6.47. The van der Waals surface area contributed by atoms with E-state index in [1.54, 1.807) is 23.2 Å². The van der Waals surface area contributed by atoms with Gasteiger partial charge in [0, 0.05) is 25.9 Å². The Hall–Kier alpha value is -3.67. The lowest BCUT2D eigenvalue weighted by molar-refractivity contribution is 0.102. The van der Waals surface area contributed by atoms with Crippen LogP contribution in [-0.2, 0) is 6.61 Å². The molecule has 1 amide bonds. The molecule has 0 aliphatic rings. The van der Waals surface area contributed by atoms with Gasteiger partial charge in [-0.25, -0.2) is 4.98 Å². The van der Waals surface area contributed by atoms with Crippen LogP contribution in [0.25, 0.3) is 0 Å². The van der Waals surface area contributed by atoms with E-state index in [4.69, 9.17) is 10.1 Å². The predicted octanol–water partition coefficient (Wildman–Crippen LogP) is 4.42. The summed E-state index contributed by atoms with van der Waals surface area (Å²) in [6.45, 7) is 4.20. The van der Waals surface area contributed by atoms with Gasteiger partial charge in [0.25, 0.3) is 5.91 Å². The molecule has 3 rings (SSSR count). The van der Waals surface area contributed by atoms with Crippen molar-refractivity contribution in [2.24, 2.45) is 0 Å². The summed E-state index contributed by atoms with van der Waals surface area (Å²) in [5.41, 5.74) is 4.25. The molecule has 30 heavy (non-hydrogen) atoms. The second kappa shape index (κ2) is 9.22. The first-order chi connectivity index (χ1) is 14.3. The molecule has 3 aromatic rings. The van der Waals surface area contributed by atoms with Crippen molar-refractivity contribution >= 4 is 17.6 Å². The van der Waals surface area contributed by atoms with Gasteiger partial charge in [0.2, 0.25) is 0 Å². The highest BCUT2D eigenvalue weighted by Crippen LogP contribution is 2.23. The number of hydrogen-bond donors (Lipinski definition) is 2. The van der Waals surface area contributed by atoms with Crippen molar-refractivity contribution in [3.8, 4) is 5.75 Å². The molecule has 0 saturated heterocycles. The Labute approximate surface area is 177 Å². The Morgan fingerprint density at radius 1 is 1.03 bits per heavy atom. The number of amidine groups is 1. The third kappa shape index (κ3) is 5.23. The summed E-state index contributed by atoms with van der Waals surface area (Å²) in [5, 5.41) is 10.9. The van der Waals surface area contributed by atoms with Gasteiger partial charge in [-0.15, -0.1) is 0 Å². The molecule has 0 saturated carbocycles. The standard InChI is InChI=1S/C24H26N4O2/c1-16-5-11-21(20(13-16)24(29)27-22-12-6-17(2)14-26-22)30-15-18-7-9-19(10-8-18)23(25)28(3)4/h5-14,25H,15H2,1-4H3,(H,26,27,29). The molecule has 1 heterocycles. The topological polar surface area (TPSA) is 78.3 Å². The molecule has 154 valence electrons. The number of aromatic nitrogens is 1. The van der Waals surface area contributed by atoms with Crippen LogP contribution in [0.1, 0.15) is 32.6 Å². The predicted molar refractivity (Wildman–Crippen MR) is 119 cm³/mol. The zero-order valence-corrected chi connectivity index (χ0v) is 17.7. The maximum absolute atomic E-state index is 12.8. The van der Waals surface area contributed by atoms with Crippen molar-refractivity contribution in [1.29, 1.82) is 5.41 Å². The van der Waals surface area contributed by atoms with Crippen molar-refractivity contribution in [3.05, 3.63) is 88.6 Å². The van der Waals surface area contributed by atoms with E-state index in [1.807, 2.05) is 70.4 Å². The zero-order chi connectivity index (χ0) is 21.7.